The molecule has 0 heterocycles. The molecular formula is C18H20. The van der Waals surface area contributed by atoms with Gasteiger partial charge in [-0.1, -0.05) is 86.7 Å². The average Bonchev–Trinajstić information content (AvgIpc) is 2.47. The largest absolute Gasteiger partial charge is 0.0986 e. The number of hydrogen-bond donors (Lipinski definition) is 0. The molecule has 2 atom stereocenters. The second kappa shape index (κ2) is 5.68. The van der Waals surface area contributed by atoms with Crippen molar-refractivity contribution in [3.05, 3.63) is 83.9 Å². The summed E-state index contributed by atoms with van der Waals surface area (Å²) in [6, 6.07) is 21.2. The Morgan fingerprint density at radius 2 is 1.06 bits per heavy atom. The maximum Gasteiger partial charge on any atom is 0.00231 e. The molecule has 0 amide bonds. The molecule has 0 spiro atoms. The maximum absolute atomic E-state index is 4.31. The first-order chi connectivity index (χ1) is 8.70. The van der Waals surface area contributed by atoms with Crippen LogP contribution in [0.1, 0.15) is 36.8 Å². The first-order valence-electron chi connectivity index (χ1n) is 6.48. The van der Waals surface area contributed by atoms with Gasteiger partial charge in [0.05, 0.1) is 0 Å². The second-order valence-corrected chi connectivity index (χ2v) is 4.84. The SMILES string of the molecule is C=C(C(C)c1ccccc1)C(C)c1ccccc1. The van der Waals surface area contributed by atoms with Gasteiger partial charge in [-0.3, -0.25) is 0 Å². The molecule has 0 N–H and O–H groups in total. The molecule has 92 valence electrons. The highest BCUT2D eigenvalue weighted by atomic mass is 14.2. The van der Waals surface area contributed by atoms with Gasteiger partial charge in [-0.25, -0.2) is 0 Å². The summed E-state index contributed by atoms with van der Waals surface area (Å²) in [7, 11) is 0. The van der Waals surface area contributed by atoms with E-state index in [-0.39, 0.29) is 0 Å². The first kappa shape index (κ1) is 12.6. The van der Waals surface area contributed by atoms with E-state index in [1.807, 2.05) is 0 Å². The van der Waals surface area contributed by atoms with E-state index >= 15 is 0 Å². The van der Waals surface area contributed by atoms with Crippen LogP contribution in [0.3, 0.4) is 0 Å². The molecular weight excluding hydrogens is 216 g/mol. The third-order valence-corrected chi connectivity index (χ3v) is 3.71. The normalized spacial score (nSPS) is 13.9. The van der Waals surface area contributed by atoms with Gasteiger partial charge in [0.15, 0.2) is 0 Å². The number of benzene rings is 2. The fraction of sp³-hybridized carbons (Fsp3) is 0.222. The van der Waals surface area contributed by atoms with Crippen molar-refractivity contribution in [3.8, 4) is 0 Å². The van der Waals surface area contributed by atoms with Crippen LogP contribution >= 0.6 is 0 Å². The van der Waals surface area contributed by atoms with E-state index in [1.54, 1.807) is 0 Å². The zero-order chi connectivity index (χ0) is 13.0. The summed E-state index contributed by atoms with van der Waals surface area (Å²) in [4.78, 5) is 0. The van der Waals surface area contributed by atoms with Gasteiger partial charge < -0.3 is 0 Å². The lowest BCUT2D eigenvalue weighted by molar-refractivity contribution is 0.765. The predicted molar refractivity (Wildman–Crippen MR) is 78.9 cm³/mol. The summed E-state index contributed by atoms with van der Waals surface area (Å²) in [6.45, 7) is 8.77. The van der Waals surface area contributed by atoms with Crippen molar-refractivity contribution in [3.63, 3.8) is 0 Å². The predicted octanol–water partition coefficient (Wildman–Crippen LogP) is 5.15. The Bertz CT molecular complexity index is 449. The topological polar surface area (TPSA) is 0 Å². The average molecular weight is 236 g/mol. The highest BCUT2D eigenvalue weighted by molar-refractivity contribution is 5.34. The molecule has 2 aromatic carbocycles. The third-order valence-electron chi connectivity index (χ3n) is 3.71. The summed E-state index contributed by atoms with van der Waals surface area (Å²) < 4.78 is 0. The van der Waals surface area contributed by atoms with Gasteiger partial charge in [-0.2, -0.15) is 0 Å². The van der Waals surface area contributed by atoms with Crippen LogP contribution < -0.4 is 0 Å². The number of allylic oxidation sites excluding steroid dienone is 1. The fourth-order valence-electron chi connectivity index (χ4n) is 2.29. The van der Waals surface area contributed by atoms with Crippen molar-refractivity contribution in [1.29, 1.82) is 0 Å². The molecule has 2 aromatic rings. The van der Waals surface area contributed by atoms with Crippen molar-refractivity contribution >= 4 is 0 Å². The third kappa shape index (κ3) is 2.70. The van der Waals surface area contributed by atoms with E-state index in [2.05, 4.69) is 81.1 Å². The maximum atomic E-state index is 4.31. The summed E-state index contributed by atoms with van der Waals surface area (Å²) in [5, 5.41) is 0. The molecule has 0 radical (unpaired) electrons. The Morgan fingerprint density at radius 1 is 0.722 bits per heavy atom. The van der Waals surface area contributed by atoms with Gasteiger partial charge in [0.1, 0.15) is 0 Å². The molecule has 2 unspecified atom stereocenters. The zero-order valence-corrected chi connectivity index (χ0v) is 11.1. The van der Waals surface area contributed by atoms with Gasteiger partial charge in [-0.15, -0.1) is 0 Å². The lowest BCUT2D eigenvalue weighted by Crippen LogP contribution is -2.05. The molecule has 0 fully saturated rings. The monoisotopic (exact) mass is 236 g/mol. The molecule has 0 heteroatoms. The molecule has 0 saturated heterocycles. The van der Waals surface area contributed by atoms with Gasteiger partial charge in [0.25, 0.3) is 0 Å². The van der Waals surface area contributed by atoms with Crippen LogP contribution in [0.5, 0.6) is 0 Å². The van der Waals surface area contributed by atoms with E-state index in [0.717, 1.165) is 0 Å². The summed E-state index contributed by atoms with van der Waals surface area (Å²) >= 11 is 0. The van der Waals surface area contributed by atoms with Crippen molar-refractivity contribution in [2.24, 2.45) is 0 Å². The molecule has 0 nitrogen and oxygen atoms in total. The van der Waals surface area contributed by atoms with E-state index < -0.39 is 0 Å². The minimum absolute atomic E-state index is 0.390. The Balaban J connectivity index is 2.17. The minimum Gasteiger partial charge on any atom is -0.0986 e. The van der Waals surface area contributed by atoms with Crippen LogP contribution in [0.25, 0.3) is 0 Å². The van der Waals surface area contributed by atoms with E-state index in [0.29, 0.717) is 11.8 Å². The van der Waals surface area contributed by atoms with E-state index in [4.69, 9.17) is 0 Å². The van der Waals surface area contributed by atoms with Gasteiger partial charge in [0.2, 0.25) is 0 Å². The molecule has 0 aliphatic heterocycles. The second-order valence-electron chi connectivity index (χ2n) is 4.84. The van der Waals surface area contributed by atoms with Crippen LogP contribution in [0.2, 0.25) is 0 Å². The number of hydrogen-bond acceptors (Lipinski definition) is 0. The summed E-state index contributed by atoms with van der Waals surface area (Å²) in [5.74, 6) is 0.780. The van der Waals surface area contributed by atoms with Crippen LogP contribution in [-0.2, 0) is 0 Å². The Hall–Kier alpha value is -1.82. The zero-order valence-electron chi connectivity index (χ0n) is 11.1. The number of rotatable bonds is 4. The van der Waals surface area contributed by atoms with Gasteiger partial charge >= 0.3 is 0 Å². The molecule has 18 heavy (non-hydrogen) atoms. The smallest absolute Gasteiger partial charge is 0.00231 e. The van der Waals surface area contributed by atoms with Gasteiger partial charge in [0, 0.05) is 11.8 Å². The van der Waals surface area contributed by atoms with Crippen LogP contribution in [0.15, 0.2) is 72.8 Å². The Labute approximate surface area is 110 Å². The lowest BCUT2D eigenvalue weighted by atomic mass is 9.83. The first-order valence-corrected chi connectivity index (χ1v) is 6.48. The Morgan fingerprint density at radius 3 is 1.39 bits per heavy atom. The highest BCUT2D eigenvalue weighted by Crippen LogP contribution is 2.33. The molecule has 0 saturated carbocycles. The Kier molecular flexibility index (Phi) is 3.99. The molecule has 2 rings (SSSR count). The quantitative estimate of drug-likeness (QED) is 0.644. The van der Waals surface area contributed by atoms with Crippen molar-refractivity contribution in [1.82, 2.24) is 0 Å². The van der Waals surface area contributed by atoms with Crippen molar-refractivity contribution < 1.29 is 0 Å². The van der Waals surface area contributed by atoms with E-state index in [9.17, 15) is 0 Å². The van der Waals surface area contributed by atoms with Gasteiger partial charge in [-0.05, 0) is 11.1 Å². The van der Waals surface area contributed by atoms with E-state index in [1.165, 1.54) is 16.7 Å². The van der Waals surface area contributed by atoms with Crippen LogP contribution in [0.4, 0.5) is 0 Å². The van der Waals surface area contributed by atoms with Crippen molar-refractivity contribution in [2.45, 2.75) is 25.7 Å². The fourth-order valence-corrected chi connectivity index (χ4v) is 2.29. The van der Waals surface area contributed by atoms with Crippen LogP contribution in [-0.4, -0.2) is 0 Å². The van der Waals surface area contributed by atoms with Crippen molar-refractivity contribution in [2.75, 3.05) is 0 Å². The van der Waals surface area contributed by atoms with Crippen LogP contribution in [0, 0.1) is 0 Å². The summed E-state index contributed by atoms with van der Waals surface area (Å²) in [6.07, 6.45) is 0. The molecule has 0 aliphatic rings. The molecule has 0 bridgehead atoms. The molecule has 0 aliphatic carbocycles. The molecule has 0 aromatic heterocycles. The minimum atomic E-state index is 0.390. The standard InChI is InChI=1S/C18H20/c1-14(15(2)17-10-6-4-7-11-17)16(3)18-12-8-5-9-13-18/h4-13,15-16H,1H2,2-3H3. The summed E-state index contributed by atoms with van der Waals surface area (Å²) in [5.41, 5.74) is 3.95. The lowest BCUT2D eigenvalue weighted by Gasteiger charge is -2.22. The highest BCUT2D eigenvalue weighted by Gasteiger charge is 2.16.